The molecule has 0 bridgehead atoms. The highest BCUT2D eigenvalue weighted by Crippen LogP contribution is 2.17. The zero-order valence-corrected chi connectivity index (χ0v) is 7.21. The highest BCUT2D eigenvalue weighted by atomic mass is 16.3. The van der Waals surface area contributed by atoms with Crippen molar-refractivity contribution in [1.29, 1.82) is 0 Å². The third-order valence-corrected chi connectivity index (χ3v) is 1.78. The minimum Gasteiger partial charge on any atom is -0.469 e. The summed E-state index contributed by atoms with van der Waals surface area (Å²) in [7, 11) is 0. The zero-order valence-electron chi connectivity index (χ0n) is 7.21. The lowest BCUT2D eigenvalue weighted by Crippen LogP contribution is -2.08. The molecule has 1 aromatic rings. The fraction of sp³-hybridized carbons (Fsp3) is 0.400. The van der Waals surface area contributed by atoms with Gasteiger partial charge in [-0.2, -0.15) is 0 Å². The first kappa shape index (κ1) is 8.89. The minimum absolute atomic E-state index is 0.0125. The van der Waals surface area contributed by atoms with Crippen LogP contribution in [-0.2, 0) is 0 Å². The Morgan fingerprint density at radius 2 is 2.50 bits per heavy atom. The lowest BCUT2D eigenvalue weighted by atomic mass is 10.1. The van der Waals surface area contributed by atoms with E-state index in [1.165, 1.54) is 0 Å². The van der Waals surface area contributed by atoms with E-state index < -0.39 is 0 Å². The van der Waals surface area contributed by atoms with E-state index in [-0.39, 0.29) is 6.04 Å². The van der Waals surface area contributed by atoms with E-state index in [1.54, 1.807) is 6.26 Å². The molecule has 2 heteroatoms. The van der Waals surface area contributed by atoms with Gasteiger partial charge < -0.3 is 10.2 Å². The van der Waals surface area contributed by atoms with E-state index in [0.29, 0.717) is 6.42 Å². The maximum absolute atomic E-state index is 5.84. The van der Waals surface area contributed by atoms with Gasteiger partial charge in [-0.15, -0.1) is 12.3 Å². The lowest BCUT2D eigenvalue weighted by molar-refractivity contribution is 0.526. The van der Waals surface area contributed by atoms with E-state index in [0.717, 1.165) is 17.7 Å². The third kappa shape index (κ3) is 2.14. The van der Waals surface area contributed by atoms with E-state index in [4.69, 9.17) is 16.6 Å². The normalized spacial score (nSPS) is 12.4. The van der Waals surface area contributed by atoms with Crippen LogP contribution < -0.4 is 5.73 Å². The van der Waals surface area contributed by atoms with Crippen LogP contribution in [0.25, 0.3) is 0 Å². The van der Waals surface area contributed by atoms with Gasteiger partial charge in [0.15, 0.2) is 0 Å². The number of aryl methyl sites for hydroxylation is 1. The predicted molar refractivity (Wildman–Crippen MR) is 48.4 cm³/mol. The van der Waals surface area contributed by atoms with Crippen molar-refractivity contribution in [3.8, 4) is 12.3 Å². The second-order valence-corrected chi connectivity index (χ2v) is 2.84. The molecule has 0 fully saturated rings. The van der Waals surface area contributed by atoms with Gasteiger partial charge in [-0.3, -0.25) is 0 Å². The minimum atomic E-state index is 0.0125. The molecule has 0 amide bonds. The van der Waals surface area contributed by atoms with Gasteiger partial charge >= 0.3 is 0 Å². The van der Waals surface area contributed by atoms with Crippen LogP contribution in [0.4, 0.5) is 0 Å². The zero-order chi connectivity index (χ0) is 8.97. The van der Waals surface area contributed by atoms with Crippen LogP contribution in [0.1, 0.15) is 30.2 Å². The summed E-state index contributed by atoms with van der Waals surface area (Å²) < 4.78 is 5.13. The molecule has 12 heavy (non-hydrogen) atoms. The molecule has 0 aromatic carbocycles. The van der Waals surface area contributed by atoms with Crippen LogP contribution in [0, 0.1) is 19.3 Å². The summed E-state index contributed by atoms with van der Waals surface area (Å²) in [4.78, 5) is 0. The Labute approximate surface area is 72.8 Å². The first-order chi connectivity index (χ1) is 5.74. The van der Waals surface area contributed by atoms with Gasteiger partial charge in [0.05, 0.1) is 6.26 Å². The van der Waals surface area contributed by atoms with Crippen molar-refractivity contribution in [1.82, 2.24) is 0 Å². The number of furan rings is 1. The Bertz CT molecular complexity index is 282. The first-order valence-electron chi connectivity index (χ1n) is 3.98. The van der Waals surface area contributed by atoms with Gasteiger partial charge in [0.2, 0.25) is 0 Å². The van der Waals surface area contributed by atoms with Crippen LogP contribution in [0.2, 0.25) is 0 Å². The van der Waals surface area contributed by atoms with Gasteiger partial charge in [-0.1, -0.05) is 0 Å². The summed E-state index contributed by atoms with van der Waals surface area (Å²) in [5.41, 5.74) is 6.87. The molecule has 2 N–H and O–H groups in total. The van der Waals surface area contributed by atoms with Crippen LogP contribution in [-0.4, -0.2) is 0 Å². The SMILES string of the molecule is C#CCCC(N)c1coc(C)c1. The standard InChI is InChI=1S/C10H13NO/c1-3-4-5-10(11)9-6-8(2)12-7-9/h1,6-7,10H,4-5,11H2,2H3. The number of nitrogens with two attached hydrogens (primary N) is 1. The van der Waals surface area contributed by atoms with Gasteiger partial charge in [-0.05, 0) is 19.4 Å². The summed E-state index contributed by atoms with van der Waals surface area (Å²) in [6.07, 6.45) is 8.35. The van der Waals surface area contributed by atoms with Crippen molar-refractivity contribution in [3.63, 3.8) is 0 Å². The second-order valence-electron chi connectivity index (χ2n) is 2.84. The molecule has 1 aromatic heterocycles. The molecular weight excluding hydrogens is 150 g/mol. The van der Waals surface area contributed by atoms with E-state index in [2.05, 4.69) is 5.92 Å². The van der Waals surface area contributed by atoms with Crippen molar-refractivity contribution in [2.24, 2.45) is 5.73 Å². The van der Waals surface area contributed by atoms with Gasteiger partial charge in [0.25, 0.3) is 0 Å². The fourth-order valence-electron chi connectivity index (χ4n) is 1.06. The van der Waals surface area contributed by atoms with E-state index in [1.807, 2.05) is 13.0 Å². The Hall–Kier alpha value is -1.20. The number of rotatable bonds is 3. The lowest BCUT2D eigenvalue weighted by Gasteiger charge is -2.04. The Morgan fingerprint density at radius 3 is 3.00 bits per heavy atom. The molecule has 0 spiro atoms. The molecule has 0 aliphatic carbocycles. The number of hydrogen-bond acceptors (Lipinski definition) is 2. The van der Waals surface area contributed by atoms with Gasteiger partial charge in [-0.25, -0.2) is 0 Å². The van der Waals surface area contributed by atoms with Crippen LogP contribution in [0.3, 0.4) is 0 Å². The Morgan fingerprint density at radius 1 is 1.75 bits per heavy atom. The molecule has 1 heterocycles. The maximum Gasteiger partial charge on any atom is 0.101 e. The van der Waals surface area contributed by atoms with Crippen molar-refractivity contribution >= 4 is 0 Å². The van der Waals surface area contributed by atoms with Crippen LogP contribution in [0.15, 0.2) is 16.7 Å². The van der Waals surface area contributed by atoms with Crippen LogP contribution in [0.5, 0.6) is 0 Å². The Balaban J connectivity index is 2.54. The summed E-state index contributed by atoms with van der Waals surface area (Å²) in [5.74, 6) is 3.45. The van der Waals surface area contributed by atoms with E-state index in [9.17, 15) is 0 Å². The molecule has 0 saturated carbocycles. The quantitative estimate of drug-likeness (QED) is 0.692. The fourth-order valence-corrected chi connectivity index (χ4v) is 1.06. The van der Waals surface area contributed by atoms with Crippen molar-refractivity contribution in [3.05, 3.63) is 23.7 Å². The molecule has 2 nitrogen and oxygen atoms in total. The van der Waals surface area contributed by atoms with Crippen molar-refractivity contribution < 1.29 is 4.42 Å². The second kappa shape index (κ2) is 3.99. The smallest absolute Gasteiger partial charge is 0.101 e. The molecule has 0 radical (unpaired) electrons. The van der Waals surface area contributed by atoms with Crippen molar-refractivity contribution in [2.75, 3.05) is 0 Å². The summed E-state index contributed by atoms with van der Waals surface area (Å²) >= 11 is 0. The van der Waals surface area contributed by atoms with Crippen LogP contribution >= 0.6 is 0 Å². The molecule has 0 aliphatic rings. The largest absolute Gasteiger partial charge is 0.469 e. The number of terminal acetylenes is 1. The predicted octanol–water partition coefficient (Wildman–Crippen LogP) is 2.00. The summed E-state index contributed by atoms with van der Waals surface area (Å²) in [6.45, 7) is 1.90. The van der Waals surface area contributed by atoms with Gasteiger partial charge in [0.1, 0.15) is 5.76 Å². The van der Waals surface area contributed by atoms with E-state index >= 15 is 0 Å². The average Bonchev–Trinajstić information content (AvgIpc) is 2.47. The summed E-state index contributed by atoms with van der Waals surface area (Å²) in [5, 5.41) is 0. The molecule has 64 valence electrons. The maximum atomic E-state index is 5.84. The highest BCUT2D eigenvalue weighted by Gasteiger charge is 2.06. The third-order valence-electron chi connectivity index (χ3n) is 1.78. The molecular formula is C10H13NO. The number of hydrogen-bond donors (Lipinski definition) is 1. The van der Waals surface area contributed by atoms with Crippen molar-refractivity contribution in [2.45, 2.75) is 25.8 Å². The topological polar surface area (TPSA) is 39.2 Å². The molecule has 0 aliphatic heterocycles. The average molecular weight is 163 g/mol. The molecule has 1 rings (SSSR count). The molecule has 1 atom stereocenters. The monoisotopic (exact) mass is 163 g/mol. The molecule has 0 saturated heterocycles. The highest BCUT2D eigenvalue weighted by molar-refractivity contribution is 5.15. The van der Waals surface area contributed by atoms with Gasteiger partial charge in [0, 0.05) is 18.0 Å². The molecule has 1 unspecified atom stereocenters. The first-order valence-corrected chi connectivity index (χ1v) is 3.98. The summed E-state index contributed by atoms with van der Waals surface area (Å²) in [6, 6.07) is 1.96. The Kier molecular flexibility index (Phi) is 2.95.